The molecule has 5 heterocycles. The van der Waals surface area contributed by atoms with Crippen LogP contribution in [0.5, 0.6) is 0 Å². The maximum Gasteiger partial charge on any atom is 0.263 e. The Balaban J connectivity index is 1.41. The summed E-state index contributed by atoms with van der Waals surface area (Å²) in [6.45, 7) is 6.76. The number of piperazine rings is 1. The SMILES string of the molecule is C[C@@H]1CN(C)c2c(sc3ccc4nc(-c5ccc(N6CCNCC6)nc5)ccc4c23)C(=O)N1. The number of aromatic nitrogens is 2. The van der Waals surface area contributed by atoms with Crippen molar-refractivity contribution >= 4 is 49.7 Å². The monoisotopic (exact) mass is 458 g/mol. The third kappa shape index (κ3) is 3.50. The lowest BCUT2D eigenvalue weighted by molar-refractivity contribution is 0.0949. The molecule has 8 heteroatoms. The number of nitrogens with one attached hydrogen (secondary N) is 2. The standard InChI is InChI=1S/C25H26N6OS/c1-15-14-30(2)23-22-17-4-5-18(16-3-8-21(27-13-16)31-11-9-26-10-12-31)29-19(17)6-7-20(22)33-24(23)25(32)28-15/h3-8,13,15,26H,9-12,14H2,1-2H3,(H,28,32)/t15-/m1/s1. The summed E-state index contributed by atoms with van der Waals surface area (Å²) >= 11 is 1.56. The average molecular weight is 459 g/mol. The van der Waals surface area contributed by atoms with E-state index in [-0.39, 0.29) is 11.9 Å². The summed E-state index contributed by atoms with van der Waals surface area (Å²) in [6.07, 6.45) is 1.92. The average Bonchev–Trinajstić information content (AvgIpc) is 3.20. The Kier molecular flexibility index (Phi) is 4.92. The molecule has 0 saturated carbocycles. The number of carbonyl (C=O) groups excluding carboxylic acids is 1. The van der Waals surface area contributed by atoms with Crippen LogP contribution < -0.4 is 20.4 Å². The minimum absolute atomic E-state index is 0.0106. The van der Waals surface area contributed by atoms with Crippen LogP contribution in [0.2, 0.25) is 0 Å². The van der Waals surface area contributed by atoms with Gasteiger partial charge in [-0.1, -0.05) is 0 Å². The molecule has 0 unspecified atom stereocenters. The van der Waals surface area contributed by atoms with E-state index in [1.165, 1.54) is 0 Å². The molecule has 2 aliphatic heterocycles. The van der Waals surface area contributed by atoms with Crippen molar-refractivity contribution in [1.29, 1.82) is 0 Å². The lowest BCUT2D eigenvalue weighted by Crippen LogP contribution is -2.43. The normalized spacial score (nSPS) is 19.0. The van der Waals surface area contributed by atoms with Crippen LogP contribution in [0.1, 0.15) is 16.6 Å². The van der Waals surface area contributed by atoms with E-state index in [4.69, 9.17) is 9.97 Å². The van der Waals surface area contributed by atoms with Crippen LogP contribution in [0.25, 0.3) is 32.2 Å². The van der Waals surface area contributed by atoms with Crippen molar-refractivity contribution in [2.75, 3.05) is 49.6 Å². The number of carbonyl (C=O) groups is 1. The first-order valence-corrected chi connectivity index (χ1v) is 12.2. The third-order valence-electron chi connectivity index (χ3n) is 6.49. The first kappa shape index (κ1) is 20.4. The van der Waals surface area contributed by atoms with Crippen LogP contribution in [0.15, 0.2) is 42.6 Å². The number of pyridine rings is 2. The Labute approximate surface area is 196 Å². The minimum atomic E-state index is 0.0106. The van der Waals surface area contributed by atoms with Crippen LogP contribution in [-0.4, -0.2) is 61.7 Å². The number of thiophene rings is 1. The van der Waals surface area contributed by atoms with Gasteiger partial charge in [-0.25, -0.2) is 9.97 Å². The van der Waals surface area contributed by atoms with E-state index >= 15 is 0 Å². The van der Waals surface area contributed by atoms with Gasteiger partial charge in [-0.3, -0.25) is 4.79 Å². The fraction of sp³-hybridized carbons (Fsp3) is 0.320. The van der Waals surface area contributed by atoms with Crippen LogP contribution in [0.4, 0.5) is 11.5 Å². The minimum Gasteiger partial charge on any atom is -0.371 e. The van der Waals surface area contributed by atoms with Gasteiger partial charge < -0.3 is 20.4 Å². The van der Waals surface area contributed by atoms with Crippen LogP contribution in [-0.2, 0) is 0 Å². The quantitative estimate of drug-likeness (QED) is 0.479. The Hall–Kier alpha value is -3.23. The first-order chi connectivity index (χ1) is 16.1. The molecule has 1 aromatic carbocycles. The van der Waals surface area contributed by atoms with Crippen LogP contribution in [0.3, 0.4) is 0 Å². The molecular weight excluding hydrogens is 432 g/mol. The summed E-state index contributed by atoms with van der Waals surface area (Å²) in [4.78, 5) is 27.7. The number of nitrogens with zero attached hydrogens (tertiary/aromatic N) is 4. The summed E-state index contributed by atoms with van der Waals surface area (Å²) in [7, 11) is 2.06. The predicted octanol–water partition coefficient (Wildman–Crippen LogP) is 3.49. The summed E-state index contributed by atoms with van der Waals surface area (Å²) in [5, 5.41) is 8.67. The number of benzene rings is 1. The fourth-order valence-electron chi connectivity index (χ4n) is 4.92. The van der Waals surface area contributed by atoms with Gasteiger partial charge in [0, 0.05) is 73.0 Å². The predicted molar refractivity (Wildman–Crippen MR) is 136 cm³/mol. The Bertz CT molecular complexity index is 1360. The zero-order valence-electron chi connectivity index (χ0n) is 18.8. The summed E-state index contributed by atoms with van der Waals surface area (Å²) in [5.41, 5.74) is 3.85. The second kappa shape index (κ2) is 7.97. The molecule has 33 heavy (non-hydrogen) atoms. The zero-order valence-corrected chi connectivity index (χ0v) is 19.6. The second-order valence-electron chi connectivity index (χ2n) is 8.88. The largest absolute Gasteiger partial charge is 0.371 e. The highest BCUT2D eigenvalue weighted by molar-refractivity contribution is 7.21. The lowest BCUT2D eigenvalue weighted by atomic mass is 10.1. The van der Waals surface area contributed by atoms with Crippen LogP contribution in [0, 0.1) is 0 Å². The van der Waals surface area contributed by atoms with Gasteiger partial charge >= 0.3 is 0 Å². The molecule has 3 aromatic heterocycles. The number of hydrogen-bond donors (Lipinski definition) is 2. The van der Waals surface area contributed by atoms with Gasteiger partial charge in [-0.2, -0.15) is 0 Å². The van der Waals surface area contributed by atoms with Gasteiger partial charge in [0.25, 0.3) is 5.91 Å². The van der Waals surface area contributed by atoms with Crippen molar-refractivity contribution in [2.45, 2.75) is 13.0 Å². The molecule has 0 aliphatic carbocycles. The highest BCUT2D eigenvalue weighted by Gasteiger charge is 2.28. The number of rotatable bonds is 2. The van der Waals surface area contributed by atoms with Crippen molar-refractivity contribution < 1.29 is 4.79 Å². The molecule has 0 spiro atoms. The van der Waals surface area contributed by atoms with E-state index in [1.807, 2.05) is 13.1 Å². The van der Waals surface area contributed by atoms with Crippen molar-refractivity contribution in [2.24, 2.45) is 0 Å². The molecule has 1 amide bonds. The first-order valence-electron chi connectivity index (χ1n) is 11.4. The second-order valence-corrected chi connectivity index (χ2v) is 9.93. The molecule has 0 radical (unpaired) electrons. The molecule has 1 atom stereocenters. The number of amides is 1. The highest BCUT2D eigenvalue weighted by Crippen LogP contribution is 2.43. The molecule has 1 saturated heterocycles. The van der Waals surface area contributed by atoms with E-state index in [2.05, 4.69) is 63.9 Å². The van der Waals surface area contributed by atoms with Crippen molar-refractivity contribution in [3.05, 3.63) is 47.5 Å². The molecule has 0 bridgehead atoms. The van der Waals surface area contributed by atoms with E-state index in [1.54, 1.807) is 11.3 Å². The summed E-state index contributed by atoms with van der Waals surface area (Å²) in [6, 6.07) is 12.6. The van der Waals surface area contributed by atoms with E-state index in [0.29, 0.717) is 0 Å². The molecule has 1 fully saturated rings. The highest BCUT2D eigenvalue weighted by atomic mass is 32.1. The van der Waals surface area contributed by atoms with Gasteiger partial charge in [-0.05, 0) is 43.3 Å². The third-order valence-corrected chi connectivity index (χ3v) is 7.64. The summed E-state index contributed by atoms with van der Waals surface area (Å²) in [5.74, 6) is 1.02. The molecule has 168 valence electrons. The van der Waals surface area contributed by atoms with Gasteiger partial charge in [0.15, 0.2) is 0 Å². The Morgan fingerprint density at radius 3 is 2.73 bits per heavy atom. The molecular formula is C25H26N6OS. The van der Waals surface area contributed by atoms with Gasteiger partial charge in [0.1, 0.15) is 10.7 Å². The number of fused-ring (bicyclic) bond motifs is 5. The fourth-order valence-corrected chi connectivity index (χ4v) is 6.09. The molecule has 2 aliphatic rings. The maximum atomic E-state index is 12.8. The molecule has 6 rings (SSSR count). The van der Waals surface area contributed by atoms with Crippen molar-refractivity contribution in [3.63, 3.8) is 0 Å². The number of hydrogen-bond acceptors (Lipinski definition) is 7. The zero-order chi connectivity index (χ0) is 22.5. The Morgan fingerprint density at radius 1 is 1.09 bits per heavy atom. The lowest BCUT2D eigenvalue weighted by Gasteiger charge is -2.28. The van der Waals surface area contributed by atoms with Gasteiger partial charge in [0.05, 0.1) is 16.9 Å². The van der Waals surface area contributed by atoms with Crippen molar-refractivity contribution in [1.82, 2.24) is 20.6 Å². The molecule has 4 aromatic rings. The number of anilines is 2. The summed E-state index contributed by atoms with van der Waals surface area (Å²) < 4.78 is 1.11. The van der Waals surface area contributed by atoms with E-state index in [9.17, 15) is 4.79 Å². The van der Waals surface area contributed by atoms with E-state index in [0.717, 1.165) is 81.4 Å². The van der Waals surface area contributed by atoms with E-state index < -0.39 is 0 Å². The van der Waals surface area contributed by atoms with Gasteiger partial charge in [0.2, 0.25) is 0 Å². The Morgan fingerprint density at radius 2 is 1.94 bits per heavy atom. The maximum absolute atomic E-state index is 12.8. The molecule has 7 nitrogen and oxygen atoms in total. The smallest absolute Gasteiger partial charge is 0.263 e. The van der Waals surface area contributed by atoms with Crippen LogP contribution >= 0.6 is 11.3 Å². The van der Waals surface area contributed by atoms with Gasteiger partial charge in [-0.15, -0.1) is 11.3 Å². The van der Waals surface area contributed by atoms with Crippen molar-refractivity contribution in [3.8, 4) is 11.3 Å². The topological polar surface area (TPSA) is 73.4 Å². The number of likely N-dealkylation sites (N-methyl/N-ethyl adjacent to an activating group) is 1. The molecule has 2 N–H and O–H groups in total.